The molecule has 1 aromatic heterocycles. The Morgan fingerprint density at radius 3 is 2.64 bits per heavy atom. The van der Waals surface area contributed by atoms with E-state index in [1.54, 1.807) is 11.3 Å². The summed E-state index contributed by atoms with van der Waals surface area (Å²) in [6, 6.07) is 8.16. The number of amides is 1. The van der Waals surface area contributed by atoms with Gasteiger partial charge in [0.05, 0.1) is 28.1 Å². The monoisotopic (exact) mass is 316 g/mol. The van der Waals surface area contributed by atoms with Gasteiger partial charge in [-0.05, 0) is 37.3 Å². The molecular weight excluding hydrogens is 296 g/mol. The largest absolute Gasteiger partial charge is 0.389 e. The highest BCUT2D eigenvalue weighted by Crippen LogP contribution is 2.34. The average molecular weight is 316 g/mol. The van der Waals surface area contributed by atoms with E-state index in [1.165, 1.54) is 4.88 Å². The molecule has 116 valence electrons. The molecule has 0 bridgehead atoms. The Balaban J connectivity index is 1.55. The molecule has 2 aromatic rings. The predicted molar refractivity (Wildman–Crippen MR) is 87.6 cm³/mol. The normalized spacial score (nSPS) is 16.1. The topological polar surface area (TPSA) is 62.2 Å². The Morgan fingerprint density at radius 2 is 2.09 bits per heavy atom. The van der Waals surface area contributed by atoms with E-state index in [2.05, 4.69) is 22.4 Å². The first-order valence-electron chi connectivity index (χ1n) is 7.54. The molecule has 1 amide bonds. The summed E-state index contributed by atoms with van der Waals surface area (Å²) in [7, 11) is 0. The van der Waals surface area contributed by atoms with Gasteiger partial charge in [-0.2, -0.15) is 0 Å². The molecule has 0 radical (unpaired) electrons. The van der Waals surface area contributed by atoms with Gasteiger partial charge in [0, 0.05) is 6.54 Å². The van der Waals surface area contributed by atoms with Crippen LogP contribution in [0.1, 0.15) is 36.9 Å². The summed E-state index contributed by atoms with van der Waals surface area (Å²) in [5.74, 6) is -0.0791. The van der Waals surface area contributed by atoms with E-state index in [0.29, 0.717) is 6.54 Å². The van der Waals surface area contributed by atoms with Crippen LogP contribution in [0.2, 0.25) is 0 Å². The van der Waals surface area contributed by atoms with Crippen LogP contribution in [0.15, 0.2) is 29.8 Å². The first kappa shape index (κ1) is 15.2. The third-order valence-electron chi connectivity index (χ3n) is 4.23. The minimum absolute atomic E-state index is 0.0791. The molecule has 1 aliphatic carbocycles. The molecule has 1 aliphatic rings. The number of aryl methyl sites for hydroxylation is 1. The second kappa shape index (κ2) is 6.18. The van der Waals surface area contributed by atoms with Crippen molar-refractivity contribution in [1.29, 1.82) is 0 Å². The Labute approximate surface area is 134 Å². The highest BCUT2D eigenvalue weighted by Gasteiger charge is 2.36. The number of nitrogens with one attached hydrogen (secondary N) is 1. The Kier molecular flexibility index (Phi) is 4.27. The van der Waals surface area contributed by atoms with E-state index in [1.807, 2.05) is 24.6 Å². The highest BCUT2D eigenvalue weighted by atomic mass is 32.1. The number of rotatable bonds is 5. The van der Waals surface area contributed by atoms with Crippen LogP contribution in [-0.4, -0.2) is 21.6 Å². The van der Waals surface area contributed by atoms with Crippen LogP contribution in [0.25, 0.3) is 10.4 Å². The summed E-state index contributed by atoms with van der Waals surface area (Å²) < 4.78 is 0. The molecule has 2 N–H and O–H groups in total. The van der Waals surface area contributed by atoms with Crippen molar-refractivity contribution in [2.24, 2.45) is 0 Å². The minimum Gasteiger partial charge on any atom is -0.389 e. The van der Waals surface area contributed by atoms with Crippen molar-refractivity contribution in [2.45, 2.75) is 44.8 Å². The van der Waals surface area contributed by atoms with Crippen LogP contribution in [0.5, 0.6) is 0 Å². The SMILES string of the molecule is Cc1ncsc1-c1ccc(CNC(=O)CC2(O)CCC2)cc1. The average Bonchev–Trinajstić information content (AvgIpc) is 2.90. The molecule has 0 unspecified atom stereocenters. The standard InChI is InChI=1S/C17H20N2O2S/c1-12-16(22-11-19-12)14-5-3-13(4-6-14)10-18-15(20)9-17(21)7-2-8-17/h3-6,11,21H,2,7-10H2,1H3,(H,18,20). The number of hydrogen-bond acceptors (Lipinski definition) is 4. The molecule has 4 nitrogen and oxygen atoms in total. The molecule has 1 aromatic carbocycles. The van der Waals surface area contributed by atoms with Gasteiger partial charge < -0.3 is 10.4 Å². The van der Waals surface area contributed by atoms with Gasteiger partial charge in [0.2, 0.25) is 5.91 Å². The van der Waals surface area contributed by atoms with Gasteiger partial charge >= 0.3 is 0 Å². The maximum absolute atomic E-state index is 11.8. The zero-order valence-corrected chi connectivity index (χ0v) is 13.4. The van der Waals surface area contributed by atoms with Gasteiger partial charge in [-0.1, -0.05) is 24.3 Å². The number of hydrogen-bond donors (Lipinski definition) is 2. The Bertz CT molecular complexity index is 660. The number of thiazole rings is 1. The van der Waals surface area contributed by atoms with E-state index in [0.717, 1.165) is 36.1 Å². The lowest BCUT2D eigenvalue weighted by Crippen LogP contribution is -2.42. The quantitative estimate of drug-likeness (QED) is 0.891. The molecule has 0 atom stereocenters. The van der Waals surface area contributed by atoms with E-state index >= 15 is 0 Å². The fourth-order valence-electron chi connectivity index (χ4n) is 2.68. The summed E-state index contributed by atoms with van der Waals surface area (Å²) in [4.78, 5) is 17.3. The van der Waals surface area contributed by atoms with Crippen LogP contribution in [0.4, 0.5) is 0 Å². The van der Waals surface area contributed by atoms with Crippen LogP contribution in [-0.2, 0) is 11.3 Å². The predicted octanol–water partition coefficient (Wildman–Crippen LogP) is 3.04. The zero-order valence-electron chi connectivity index (χ0n) is 12.6. The Hall–Kier alpha value is -1.72. The molecule has 0 saturated heterocycles. The van der Waals surface area contributed by atoms with Gasteiger partial charge in [-0.25, -0.2) is 4.98 Å². The van der Waals surface area contributed by atoms with Crippen molar-refractivity contribution in [3.8, 4) is 10.4 Å². The summed E-state index contributed by atoms with van der Waals surface area (Å²) >= 11 is 1.63. The second-order valence-electron chi connectivity index (χ2n) is 6.00. The lowest BCUT2D eigenvalue weighted by molar-refractivity contribution is -0.130. The summed E-state index contributed by atoms with van der Waals surface area (Å²) in [5.41, 5.74) is 4.35. The highest BCUT2D eigenvalue weighted by molar-refractivity contribution is 7.13. The third-order valence-corrected chi connectivity index (χ3v) is 5.20. The van der Waals surface area contributed by atoms with E-state index in [4.69, 9.17) is 0 Å². The number of carbonyl (C=O) groups is 1. The van der Waals surface area contributed by atoms with Crippen molar-refractivity contribution in [2.75, 3.05) is 0 Å². The van der Waals surface area contributed by atoms with Crippen molar-refractivity contribution in [3.63, 3.8) is 0 Å². The molecule has 22 heavy (non-hydrogen) atoms. The van der Waals surface area contributed by atoms with Crippen molar-refractivity contribution < 1.29 is 9.90 Å². The number of aromatic nitrogens is 1. The summed E-state index contributed by atoms with van der Waals surface area (Å²) in [6.45, 7) is 2.50. The molecule has 0 spiro atoms. The number of benzene rings is 1. The first-order valence-corrected chi connectivity index (χ1v) is 8.42. The lowest BCUT2D eigenvalue weighted by atomic mass is 9.78. The van der Waals surface area contributed by atoms with Gasteiger partial charge in [0.25, 0.3) is 0 Å². The summed E-state index contributed by atoms with van der Waals surface area (Å²) in [5, 5.41) is 12.9. The lowest BCUT2D eigenvalue weighted by Gasteiger charge is -2.35. The molecule has 1 heterocycles. The van der Waals surface area contributed by atoms with Crippen LogP contribution in [0, 0.1) is 6.92 Å². The van der Waals surface area contributed by atoms with Gasteiger partial charge in [-0.15, -0.1) is 11.3 Å². The van der Waals surface area contributed by atoms with Gasteiger partial charge in [-0.3, -0.25) is 4.79 Å². The van der Waals surface area contributed by atoms with Crippen LogP contribution < -0.4 is 5.32 Å². The van der Waals surface area contributed by atoms with Gasteiger partial charge in [0.1, 0.15) is 0 Å². The molecule has 0 aliphatic heterocycles. The molecule has 1 saturated carbocycles. The molecule has 3 rings (SSSR count). The second-order valence-corrected chi connectivity index (χ2v) is 6.85. The van der Waals surface area contributed by atoms with Crippen molar-refractivity contribution in [3.05, 3.63) is 41.0 Å². The molecule has 5 heteroatoms. The molecular formula is C17H20N2O2S. The fraction of sp³-hybridized carbons (Fsp3) is 0.412. The maximum atomic E-state index is 11.8. The van der Waals surface area contributed by atoms with Crippen molar-refractivity contribution >= 4 is 17.2 Å². The zero-order chi connectivity index (χ0) is 15.6. The van der Waals surface area contributed by atoms with Gasteiger partial charge in [0.15, 0.2) is 0 Å². The number of carbonyl (C=O) groups excluding carboxylic acids is 1. The fourth-order valence-corrected chi connectivity index (χ4v) is 3.49. The number of aliphatic hydroxyl groups is 1. The van der Waals surface area contributed by atoms with Crippen molar-refractivity contribution in [1.82, 2.24) is 10.3 Å². The van der Waals surface area contributed by atoms with E-state index in [-0.39, 0.29) is 12.3 Å². The maximum Gasteiger partial charge on any atom is 0.223 e. The van der Waals surface area contributed by atoms with E-state index in [9.17, 15) is 9.90 Å². The first-order chi connectivity index (χ1) is 10.6. The number of nitrogens with zero attached hydrogens (tertiary/aromatic N) is 1. The van der Waals surface area contributed by atoms with Crippen LogP contribution >= 0.6 is 11.3 Å². The van der Waals surface area contributed by atoms with E-state index < -0.39 is 5.60 Å². The summed E-state index contributed by atoms with van der Waals surface area (Å²) in [6.07, 6.45) is 2.71. The minimum atomic E-state index is -0.752. The smallest absolute Gasteiger partial charge is 0.223 e. The van der Waals surface area contributed by atoms with Crippen LogP contribution in [0.3, 0.4) is 0 Å². The Morgan fingerprint density at radius 1 is 1.36 bits per heavy atom. The molecule has 1 fully saturated rings. The third kappa shape index (κ3) is 3.36.